The van der Waals surface area contributed by atoms with Gasteiger partial charge in [0.15, 0.2) is 0 Å². The third-order valence-corrected chi connectivity index (χ3v) is 3.37. The van der Waals surface area contributed by atoms with Gasteiger partial charge < -0.3 is 5.32 Å². The van der Waals surface area contributed by atoms with Crippen molar-refractivity contribution in [1.29, 1.82) is 0 Å². The van der Waals surface area contributed by atoms with Crippen LogP contribution in [-0.2, 0) is 0 Å². The lowest BCUT2D eigenvalue weighted by Crippen LogP contribution is -2.40. The van der Waals surface area contributed by atoms with E-state index in [0.717, 1.165) is 16.8 Å². The molecule has 2 aliphatic rings. The first-order valence-corrected chi connectivity index (χ1v) is 5.15. The fourth-order valence-corrected chi connectivity index (χ4v) is 2.20. The second kappa shape index (κ2) is 2.82. The highest BCUT2D eigenvalue weighted by atomic mass is 79.9. The summed E-state index contributed by atoms with van der Waals surface area (Å²) in [4.78, 5) is 0.738. The molecule has 1 nitrogen and oxygen atoms in total. The van der Waals surface area contributed by atoms with Gasteiger partial charge in [0.25, 0.3) is 0 Å². The average Bonchev–Trinajstić information content (AvgIpc) is 2.71. The van der Waals surface area contributed by atoms with Gasteiger partial charge in [-0.3, -0.25) is 0 Å². The molecule has 1 saturated heterocycles. The quantitative estimate of drug-likeness (QED) is 0.643. The molecule has 2 atom stereocenters. The van der Waals surface area contributed by atoms with Gasteiger partial charge in [-0.25, -0.2) is 0 Å². The number of alkyl halides is 1. The molecule has 2 unspecified atom stereocenters. The summed E-state index contributed by atoms with van der Waals surface area (Å²) in [6.07, 6.45) is 5.71. The zero-order valence-corrected chi connectivity index (χ0v) is 7.73. The molecule has 0 radical (unpaired) electrons. The van der Waals surface area contributed by atoms with Crippen LogP contribution in [0.1, 0.15) is 25.7 Å². The normalized spacial score (nSPS) is 41.7. The Balaban J connectivity index is 1.79. The van der Waals surface area contributed by atoms with Crippen LogP contribution in [0.3, 0.4) is 0 Å². The van der Waals surface area contributed by atoms with E-state index in [1.165, 1.54) is 32.2 Å². The van der Waals surface area contributed by atoms with Crippen molar-refractivity contribution in [2.24, 2.45) is 5.92 Å². The first-order valence-electron chi connectivity index (χ1n) is 4.24. The van der Waals surface area contributed by atoms with Gasteiger partial charge >= 0.3 is 0 Å². The predicted molar refractivity (Wildman–Crippen MR) is 46.5 cm³/mol. The Hall–Kier alpha value is 0.440. The van der Waals surface area contributed by atoms with E-state index < -0.39 is 0 Å². The lowest BCUT2D eigenvalue weighted by Gasteiger charge is -2.26. The van der Waals surface area contributed by atoms with Crippen molar-refractivity contribution in [3.8, 4) is 0 Å². The first kappa shape index (κ1) is 7.11. The van der Waals surface area contributed by atoms with Gasteiger partial charge in [-0.15, -0.1) is 0 Å². The molecule has 58 valence electrons. The van der Waals surface area contributed by atoms with Crippen molar-refractivity contribution in [3.05, 3.63) is 0 Å². The van der Waals surface area contributed by atoms with Crippen LogP contribution in [0.5, 0.6) is 0 Å². The molecule has 1 N–H and O–H groups in total. The van der Waals surface area contributed by atoms with Gasteiger partial charge in [0.05, 0.1) is 0 Å². The summed E-state index contributed by atoms with van der Waals surface area (Å²) in [5.41, 5.74) is 0. The predicted octanol–water partition coefficient (Wildman–Crippen LogP) is 1.91. The molecule has 1 aliphatic carbocycles. The van der Waals surface area contributed by atoms with Crippen LogP contribution >= 0.6 is 15.9 Å². The minimum absolute atomic E-state index is 0.738. The van der Waals surface area contributed by atoms with Crippen LogP contribution in [-0.4, -0.2) is 17.4 Å². The molecule has 2 rings (SSSR count). The number of halogens is 1. The van der Waals surface area contributed by atoms with Crippen LogP contribution in [0.2, 0.25) is 0 Å². The molecule has 0 spiro atoms. The molecule has 1 aliphatic heterocycles. The fraction of sp³-hybridized carbons (Fsp3) is 1.00. The van der Waals surface area contributed by atoms with Crippen molar-refractivity contribution in [2.45, 2.75) is 36.6 Å². The van der Waals surface area contributed by atoms with Crippen LogP contribution in [0.25, 0.3) is 0 Å². The maximum absolute atomic E-state index is 3.62. The number of piperidine rings is 1. The highest BCUT2D eigenvalue weighted by Crippen LogP contribution is 2.36. The summed E-state index contributed by atoms with van der Waals surface area (Å²) in [6.45, 7) is 1.18. The SMILES string of the molecule is BrC1CCC(C2CC2)NC1. The van der Waals surface area contributed by atoms with E-state index in [9.17, 15) is 0 Å². The van der Waals surface area contributed by atoms with E-state index >= 15 is 0 Å². The summed E-state index contributed by atoms with van der Waals surface area (Å²) in [5, 5.41) is 3.58. The molecule has 0 aromatic rings. The molecule has 1 heterocycles. The molecular formula is C8H14BrN. The van der Waals surface area contributed by atoms with E-state index in [2.05, 4.69) is 21.2 Å². The smallest absolute Gasteiger partial charge is 0.0271 e. The third-order valence-electron chi connectivity index (χ3n) is 2.58. The fourth-order valence-electron chi connectivity index (χ4n) is 1.74. The molecule has 2 fully saturated rings. The van der Waals surface area contributed by atoms with Gasteiger partial charge in [-0.05, 0) is 31.6 Å². The van der Waals surface area contributed by atoms with Gasteiger partial charge in [-0.2, -0.15) is 0 Å². The molecule has 1 saturated carbocycles. The summed E-state index contributed by atoms with van der Waals surface area (Å²) in [7, 11) is 0. The highest BCUT2D eigenvalue weighted by molar-refractivity contribution is 9.09. The van der Waals surface area contributed by atoms with Crippen molar-refractivity contribution >= 4 is 15.9 Å². The molecule has 10 heavy (non-hydrogen) atoms. The van der Waals surface area contributed by atoms with E-state index in [1.54, 1.807) is 0 Å². The lowest BCUT2D eigenvalue weighted by molar-refractivity contribution is 0.377. The second-order valence-corrected chi connectivity index (χ2v) is 4.82. The average molecular weight is 204 g/mol. The van der Waals surface area contributed by atoms with Crippen LogP contribution in [0.15, 0.2) is 0 Å². The zero-order chi connectivity index (χ0) is 6.97. The minimum atomic E-state index is 0.738. The Bertz CT molecular complexity index is 114. The molecular weight excluding hydrogens is 190 g/mol. The number of hydrogen-bond acceptors (Lipinski definition) is 1. The monoisotopic (exact) mass is 203 g/mol. The standard InChI is InChI=1S/C8H14BrN/c9-7-3-4-8(10-5-7)6-1-2-6/h6-8,10H,1-5H2. The Morgan fingerprint density at radius 2 is 1.90 bits per heavy atom. The molecule has 0 aromatic heterocycles. The summed E-state index contributed by atoms with van der Waals surface area (Å²) in [5.74, 6) is 1.04. The van der Waals surface area contributed by atoms with E-state index in [-0.39, 0.29) is 0 Å². The third kappa shape index (κ3) is 1.54. The van der Waals surface area contributed by atoms with E-state index in [0.29, 0.717) is 0 Å². The Kier molecular flexibility index (Phi) is 2.01. The van der Waals surface area contributed by atoms with E-state index in [1.807, 2.05) is 0 Å². The Morgan fingerprint density at radius 1 is 1.10 bits per heavy atom. The van der Waals surface area contributed by atoms with Gasteiger partial charge in [0.1, 0.15) is 0 Å². The largest absolute Gasteiger partial charge is 0.313 e. The molecule has 0 aromatic carbocycles. The Morgan fingerprint density at radius 3 is 2.40 bits per heavy atom. The first-order chi connectivity index (χ1) is 4.86. The summed E-state index contributed by atoms with van der Waals surface area (Å²) >= 11 is 3.62. The molecule has 0 amide bonds. The lowest BCUT2D eigenvalue weighted by atomic mass is 10.0. The van der Waals surface area contributed by atoms with Crippen molar-refractivity contribution in [1.82, 2.24) is 5.32 Å². The summed E-state index contributed by atoms with van der Waals surface area (Å²) < 4.78 is 0. The maximum Gasteiger partial charge on any atom is 0.0271 e. The second-order valence-electron chi connectivity index (χ2n) is 3.53. The van der Waals surface area contributed by atoms with Crippen LogP contribution in [0, 0.1) is 5.92 Å². The molecule has 2 heteroatoms. The topological polar surface area (TPSA) is 12.0 Å². The Labute approximate surface area is 70.7 Å². The minimum Gasteiger partial charge on any atom is -0.313 e. The molecule has 0 bridgehead atoms. The van der Waals surface area contributed by atoms with Crippen LogP contribution < -0.4 is 5.32 Å². The van der Waals surface area contributed by atoms with Gasteiger partial charge in [0, 0.05) is 17.4 Å². The highest BCUT2D eigenvalue weighted by Gasteiger charge is 2.32. The van der Waals surface area contributed by atoms with Crippen LogP contribution in [0.4, 0.5) is 0 Å². The number of rotatable bonds is 1. The van der Waals surface area contributed by atoms with Crippen molar-refractivity contribution in [3.63, 3.8) is 0 Å². The van der Waals surface area contributed by atoms with Crippen molar-refractivity contribution < 1.29 is 0 Å². The maximum atomic E-state index is 3.62. The van der Waals surface area contributed by atoms with Gasteiger partial charge in [-0.1, -0.05) is 15.9 Å². The zero-order valence-electron chi connectivity index (χ0n) is 6.15. The number of nitrogens with one attached hydrogen (secondary N) is 1. The number of hydrogen-bond donors (Lipinski definition) is 1. The summed E-state index contributed by atoms with van der Waals surface area (Å²) in [6, 6.07) is 0.869. The van der Waals surface area contributed by atoms with Gasteiger partial charge in [0.2, 0.25) is 0 Å². The van der Waals surface area contributed by atoms with Crippen molar-refractivity contribution in [2.75, 3.05) is 6.54 Å². The van der Waals surface area contributed by atoms with E-state index in [4.69, 9.17) is 0 Å².